The van der Waals surface area contributed by atoms with Crippen LogP contribution in [0.15, 0.2) is 30.5 Å². The molecule has 1 aliphatic rings. The highest BCUT2D eigenvalue weighted by molar-refractivity contribution is 7.65. The van der Waals surface area contributed by atoms with E-state index in [4.69, 9.17) is 14.5 Å². The summed E-state index contributed by atoms with van der Waals surface area (Å²) < 4.78 is 51.8. The molecule has 16 nitrogen and oxygen atoms in total. The van der Waals surface area contributed by atoms with Crippen LogP contribution in [-0.4, -0.2) is 43.2 Å². The van der Waals surface area contributed by atoms with Crippen molar-refractivity contribution in [1.29, 1.82) is 0 Å². The Hall–Kier alpha value is -1.51. The molecule has 3 N–H and O–H groups in total. The number of aliphatic hydroxyl groups is 1. The molecule has 0 amide bonds. The van der Waals surface area contributed by atoms with Crippen LogP contribution in [0.5, 0.6) is 0 Å². The molecule has 1 saturated heterocycles. The normalized spacial score (nSPS) is 27.0. The molecule has 0 aliphatic carbocycles. The number of hydrogen-bond acceptors (Lipinski definition) is 12. The molecule has 1 aliphatic heterocycles. The third kappa shape index (κ3) is 6.29. The molecule has 19 heteroatoms. The van der Waals surface area contributed by atoms with Gasteiger partial charge in [-0.2, -0.15) is 0 Å². The van der Waals surface area contributed by atoms with Crippen molar-refractivity contribution >= 4 is 40.1 Å². The number of nitrogens with zero attached hydrogens (tertiary/aromatic N) is 2. The number of non-ortho nitro benzene ring substituents is 1. The lowest BCUT2D eigenvalue weighted by molar-refractivity contribution is -0.384. The monoisotopic (exact) mass is 516 g/mol. The third-order valence-corrected chi connectivity index (χ3v) is 7.98. The third-order valence-electron chi connectivity index (χ3n) is 4.24. The average molecular weight is 516 g/mol. The lowest BCUT2D eigenvalue weighted by Gasteiger charge is -2.27. The van der Waals surface area contributed by atoms with Crippen molar-refractivity contribution in [3.8, 4) is 0 Å². The van der Waals surface area contributed by atoms with Crippen molar-refractivity contribution in [3.63, 3.8) is 0 Å². The number of nitro benzene ring substituents is 1. The van der Waals surface area contributed by atoms with Gasteiger partial charge in [0.05, 0.1) is 23.2 Å². The van der Waals surface area contributed by atoms with Crippen molar-refractivity contribution in [3.05, 3.63) is 40.6 Å². The van der Waals surface area contributed by atoms with Crippen LogP contribution in [0.1, 0.15) is 12.6 Å². The van der Waals surface area contributed by atoms with Gasteiger partial charge in [0.2, 0.25) is 0 Å². The molecule has 0 spiro atoms. The van der Waals surface area contributed by atoms with Crippen molar-refractivity contribution in [1.82, 2.24) is 4.57 Å². The average Bonchev–Trinajstić information content (AvgIpc) is 3.19. The fourth-order valence-electron chi connectivity index (χ4n) is 3.01. The number of fused-ring (bicyclic) bond motifs is 1. The van der Waals surface area contributed by atoms with Gasteiger partial charge >= 0.3 is 7.82 Å². The van der Waals surface area contributed by atoms with Gasteiger partial charge in [-0.25, -0.2) is 13.2 Å². The molecule has 32 heavy (non-hydrogen) atoms. The van der Waals surface area contributed by atoms with Gasteiger partial charge in [0, 0.05) is 30.1 Å². The number of phosphoric ester groups is 1. The van der Waals surface area contributed by atoms with Gasteiger partial charge in [0.25, 0.3) is 21.3 Å². The SMILES string of the molecule is O=[N+]([O-])c1ccc2c(ccn2C2CC(O)C(COP(=O)([O-])OP(=O)(O)OP(=O)([O-])O)O2)c1. The standard InChI is InChI=1S/C13H17N2O14P3/c16-11-6-13(14-4-3-8-5-9(15(17)18)1-2-10(8)14)27-12(11)7-26-31(22,23)29-32(24,25)28-30(19,20)21/h1-5,11-13,16H,6-7H2,(H,22,23)(H,24,25)(H2,19,20,21)/p-2. The van der Waals surface area contributed by atoms with Gasteiger partial charge < -0.3 is 38.5 Å². The molecule has 3 rings (SSSR count). The highest BCUT2D eigenvalue weighted by Gasteiger charge is 2.38. The van der Waals surface area contributed by atoms with E-state index in [1.165, 1.54) is 18.2 Å². The number of ether oxygens (including phenoxy) is 1. The van der Waals surface area contributed by atoms with E-state index in [9.17, 15) is 38.7 Å². The second-order valence-electron chi connectivity index (χ2n) is 6.50. The van der Waals surface area contributed by atoms with Gasteiger partial charge in [-0.05, 0) is 12.1 Å². The fraction of sp³-hybridized carbons (Fsp3) is 0.385. The Morgan fingerprint density at radius 3 is 2.50 bits per heavy atom. The maximum atomic E-state index is 11.7. The number of benzene rings is 1. The Morgan fingerprint density at radius 1 is 1.19 bits per heavy atom. The van der Waals surface area contributed by atoms with Crippen molar-refractivity contribution in [2.45, 2.75) is 24.9 Å². The zero-order chi connectivity index (χ0) is 23.9. The summed E-state index contributed by atoms with van der Waals surface area (Å²) in [7, 11) is -17.2. The van der Waals surface area contributed by atoms with Crippen molar-refractivity contribution < 1.29 is 61.2 Å². The first-order valence-electron chi connectivity index (χ1n) is 8.49. The minimum atomic E-state index is -5.80. The largest absolute Gasteiger partial charge is 0.756 e. The van der Waals surface area contributed by atoms with E-state index in [2.05, 4.69) is 13.1 Å². The summed E-state index contributed by atoms with van der Waals surface area (Å²) in [5.74, 6) is 0. The van der Waals surface area contributed by atoms with Crippen LogP contribution in [-0.2, 0) is 31.6 Å². The predicted molar refractivity (Wildman–Crippen MR) is 98.5 cm³/mol. The molecule has 2 heterocycles. The zero-order valence-electron chi connectivity index (χ0n) is 15.6. The molecule has 0 bridgehead atoms. The lowest BCUT2D eigenvalue weighted by atomic mass is 10.2. The first-order chi connectivity index (χ1) is 14.7. The number of phosphoric acid groups is 3. The summed E-state index contributed by atoms with van der Waals surface area (Å²) in [4.78, 5) is 49.9. The Balaban J connectivity index is 1.65. The summed E-state index contributed by atoms with van der Waals surface area (Å²) in [6.07, 6.45) is -1.77. The van der Waals surface area contributed by atoms with Crippen LogP contribution in [0.25, 0.3) is 10.9 Å². The van der Waals surface area contributed by atoms with E-state index in [0.717, 1.165) is 0 Å². The van der Waals surface area contributed by atoms with Gasteiger partial charge in [-0.15, -0.1) is 0 Å². The Labute approximate surface area is 178 Å². The molecule has 0 saturated carbocycles. The minimum absolute atomic E-state index is 0.0235. The Kier molecular flexibility index (Phi) is 7.09. The van der Waals surface area contributed by atoms with Gasteiger partial charge in [0.15, 0.2) is 0 Å². The lowest BCUT2D eigenvalue weighted by Crippen LogP contribution is -2.27. The Morgan fingerprint density at radius 2 is 1.88 bits per heavy atom. The quantitative estimate of drug-likeness (QED) is 0.230. The van der Waals surface area contributed by atoms with E-state index >= 15 is 0 Å². The van der Waals surface area contributed by atoms with Gasteiger partial charge in [-0.3, -0.25) is 19.2 Å². The van der Waals surface area contributed by atoms with Gasteiger partial charge in [-0.1, -0.05) is 0 Å². The zero-order valence-corrected chi connectivity index (χ0v) is 18.3. The summed E-state index contributed by atoms with van der Waals surface area (Å²) in [5.41, 5.74) is 0.413. The van der Waals surface area contributed by atoms with E-state index in [1.54, 1.807) is 16.8 Å². The first-order valence-corrected chi connectivity index (χ1v) is 12.9. The number of aliphatic hydroxyl groups excluding tert-OH is 1. The van der Waals surface area contributed by atoms with Gasteiger partial charge in [0.1, 0.15) is 12.3 Å². The molecular weight excluding hydrogens is 501 g/mol. The molecule has 178 valence electrons. The molecule has 6 atom stereocenters. The number of nitro groups is 1. The second-order valence-corrected chi connectivity index (χ2v) is 10.8. The minimum Gasteiger partial charge on any atom is -0.756 e. The molecule has 6 unspecified atom stereocenters. The van der Waals surface area contributed by atoms with Crippen LogP contribution in [0.4, 0.5) is 5.69 Å². The summed E-state index contributed by atoms with van der Waals surface area (Å²) in [5, 5.41) is 21.6. The maximum absolute atomic E-state index is 11.7. The first kappa shape index (κ1) is 25.1. The van der Waals surface area contributed by atoms with E-state index < -0.39 is 53.4 Å². The summed E-state index contributed by atoms with van der Waals surface area (Å²) >= 11 is 0. The number of aromatic nitrogens is 1. The fourth-order valence-corrected chi connectivity index (χ4v) is 5.97. The highest BCUT2D eigenvalue weighted by Crippen LogP contribution is 2.64. The van der Waals surface area contributed by atoms with E-state index in [-0.39, 0.29) is 12.1 Å². The van der Waals surface area contributed by atoms with Crippen molar-refractivity contribution in [2.75, 3.05) is 6.61 Å². The number of rotatable bonds is 9. The molecule has 1 aromatic heterocycles. The highest BCUT2D eigenvalue weighted by atomic mass is 31.3. The molecular formula is C13H15N2O14P3-2. The summed E-state index contributed by atoms with van der Waals surface area (Å²) in [6, 6.07) is 5.67. The summed E-state index contributed by atoms with van der Waals surface area (Å²) in [6.45, 7) is -0.878. The van der Waals surface area contributed by atoms with Crippen LogP contribution < -0.4 is 9.79 Å². The van der Waals surface area contributed by atoms with Crippen LogP contribution in [0.2, 0.25) is 0 Å². The van der Waals surface area contributed by atoms with Crippen LogP contribution in [0, 0.1) is 10.1 Å². The molecule has 1 aromatic carbocycles. The topological polar surface area (TPSA) is 243 Å². The van der Waals surface area contributed by atoms with E-state index in [1.807, 2.05) is 0 Å². The second kappa shape index (κ2) is 9.03. The molecule has 2 aromatic rings. The Bertz CT molecular complexity index is 1160. The van der Waals surface area contributed by atoms with Crippen molar-refractivity contribution in [2.24, 2.45) is 0 Å². The smallest absolute Gasteiger partial charge is 0.485 e. The maximum Gasteiger partial charge on any atom is 0.485 e. The predicted octanol–water partition coefficient (Wildman–Crippen LogP) is 0.277. The van der Waals surface area contributed by atoms with Crippen LogP contribution in [0.3, 0.4) is 0 Å². The van der Waals surface area contributed by atoms with E-state index in [0.29, 0.717) is 10.9 Å². The molecule has 1 fully saturated rings. The number of hydrogen-bond donors (Lipinski definition) is 3. The van der Waals surface area contributed by atoms with Crippen LogP contribution >= 0.6 is 23.5 Å². The molecule has 0 radical (unpaired) electrons.